The number of aliphatic hydroxyl groups is 1. The van der Waals surface area contributed by atoms with Crippen molar-refractivity contribution in [1.29, 1.82) is 0 Å². The minimum atomic E-state index is -4.59. The van der Waals surface area contributed by atoms with E-state index in [1.165, 1.54) is 23.9 Å². The number of carbonyl (C=O) groups excluding carboxylic acids is 1. The van der Waals surface area contributed by atoms with Gasteiger partial charge in [-0.1, -0.05) is 29.7 Å². The molecule has 1 amide bonds. The molecule has 0 bridgehead atoms. The molecule has 4 rings (SSSR count). The maximum Gasteiger partial charge on any atom is 0.416 e. The van der Waals surface area contributed by atoms with Crippen molar-refractivity contribution >= 4 is 46.2 Å². The van der Waals surface area contributed by atoms with Gasteiger partial charge >= 0.3 is 6.18 Å². The molecule has 0 saturated heterocycles. The van der Waals surface area contributed by atoms with Crippen molar-refractivity contribution in [2.24, 2.45) is 16.3 Å². The smallest absolute Gasteiger partial charge is 0.396 e. The SMILES string of the molecule is C#Cc1cc(/C=C2\SC(N(C)CC3(CO)CC3)=NC2=O)ccc1N(N)Cc1ccc(Cl)cc1C(F)(F)F. The van der Waals surface area contributed by atoms with Gasteiger partial charge < -0.3 is 15.0 Å². The van der Waals surface area contributed by atoms with E-state index in [1.807, 2.05) is 11.9 Å². The van der Waals surface area contributed by atoms with Gasteiger partial charge in [0.25, 0.3) is 5.91 Å². The number of aliphatic hydroxyl groups excluding tert-OH is 1. The van der Waals surface area contributed by atoms with Crippen molar-refractivity contribution in [3.8, 4) is 12.3 Å². The number of rotatable bonds is 7. The number of benzene rings is 2. The third kappa shape index (κ3) is 6.13. The predicted octanol–water partition coefficient (Wildman–Crippen LogP) is 4.90. The average molecular weight is 549 g/mol. The van der Waals surface area contributed by atoms with Gasteiger partial charge in [-0.25, -0.2) is 5.84 Å². The van der Waals surface area contributed by atoms with E-state index in [0.29, 0.717) is 33.4 Å². The summed E-state index contributed by atoms with van der Waals surface area (Å²) in [6, 6.07) is 8.42. The Morgan fingerprint density at radius 1 is 1.30 bits per heavy atom. The van der Waals surface area contributed by atoms with Gasteiger partial charge in [0.1, 0.15) is 0 Å². The molecule has 1 aliphatic heterocycles. The maximum absolute atomic E-state index is 13.5. The number of hydrogen-bond donors (Lipinski definition) is 2. The summed E-state index contributed by atoms with van der Waals surface area (Å²) in [5.74, 6) is 8.26. The third-order valence-electron chi connectivity index (χ3n) is 6.30. The molecule has 11 heteroatoms. The zero-order chi connectivity index (χ0) is 27.0. The van der Waals surface area contributed by atoms with Crippen molar-refractivity contribution < 1.29 is 23.1 Å². The van der Waals surface area contributed by atoms with E-state index in [1.54, 1.807) is 24.3 Å². The van der Waals surface area contributed by atoms with Crippen molar-refractivity contribution in [3.05, 3.63) is 68.6 Å². The number of nitrogens with two attached hydrogens (primary N) is 1. The molecule has 0 aromatic heterocycles. The second-order valence-corrected chi connectivity index (χ2v) is 10.6. The summed E-state index contributed by atoms with van der Waals surface area (Å²) in [4.78, 5) is 18.9. The van der Waals surface area contributed by atoms with E-state index in [-0.39, 0.29) is 35.1 Å². The Morgan fingerprint density at radius 3 is 2.65 bits per heavy atom. The molecule has 0 spiro atoms. The van der Waals surface area contributed by atoms with Crippen LogP contribution in [0.3, 0.4) is 0 Å². The number of carbonyl (C=O) groups is 1. The molecule has 6 nitrogen and oxygen atoms in total. The summed E-state index contributed by atoms with van der Waals surface area (Å²) in [5, 5.41) is 11.2. The Balaban J connectivity index is 1.51. The number of aliphatic imine (C=N–C) groups is 1. The van der Waals surface area contributed by atoms with E-state index < -0.39 is 11.7 Å². The average Bonchev–Trinajstić information content (AvgIpc) is 3.53. The lowest BCUT2D eigenvalue weighted by molar-refractivity contribution is -0.138. The minimum absolute atomic E-state index is 0.0283. The molecule has 1 fully saturated rings. The van der Waals surface area contributed by atoms with E-state index in [0.717, 1.165) is 23.9 Å². The highest BCUT2D eigenvalue weighted by atomic mass is 35.5. The number of amides is 1. The van der Waals surface area contributed by atoms with Gasteiger partial charge in [-0.2, -0.15) is 18.2 Å². The van der Waals surface area contributed by atoms with E-state index >= 15 is 0 Å². The highest BCUT2D eigenvalue weighted by Crippen LogP contribution is 2.46. The second kappa shape index (κ2) is 10.4. The molecule has 0 unspecified atom stereocenters. The van der Waals surface area contributed by atoms with Crippen LogP contribution in [0.1, 0.15) is 35.1 Å². The quantitative estimate of drug-likeness (QED) is 0.222. The number of terminal acetylenes is 1. The number of thioether (sulfide) groups is 1. The van der Waals surface area contributed by atoms with Crippen LogP contribution < -0.4 is 10.9 Å². The molecule has 2 aromatic rings. The fraction of sp³-hybridized carbons (Fsp3) is 0.308. The van der Waals surface area contributed by atoms with Crippen LogP contribution in [-0.2, 0) is 17.5 Å². The zero-order valence-corrected chi connectivity index (χ0v) is 21.4. The molecule has 0 radical (unpaired) electrons. The van der Waals surface area contributed by atoms with Gasteiger partial charge in [-0.15, -0.1) is 6.42 Å². The molecule has 194 valence electrons. The summed E-state index contributed by atoms with van der Waals surface area (Å²) < 4.78 is 40.4. The van der Waals surface area contributed by atoms with Gasteiger partial charge in [-0.3, -0.25) is 4.79 Å². The topological polar surface area (TPSA) is 82.2 Å². The van der Waals surface area contributed by atoms with Crippen LogP contribution in [0, 0.1) is 17.8 Å². The van der Waals surface area contributed by atoms with E-state index in [2.05, 4.69) is 10.9 Å². The normalized spacial score (nSPS) is 17.5. The number of amidine groups is 1. The first-order valence-electron chi connectivity index (χ1n) is 11.3. The molecule has 1 saturated carbocycles. The minimum Gasteiger partial charge on any atom is -0.396 e. The number of alkyl halides is 3. The Bertz CT molecular complexity index is 1330. The summed E-state index contributed by atoms with van der Waals surface area (Å²) in [6.07, 6.45) is 4.62. The Kier molecular flexibility index (Phi) is 7.62. The van der Waals surface area contributed by atoms with E-state index in [9.17, 15) is 23.1 Å². The summed E-state index contributed by atoms with van der Waals surface area (Å²) >= 11 is 7.00. The number of anilines is 1. The van der Waals surface area contributed by atoms with Crippen LogP contribution in [-0.4, -0.2) is 41.3 Å². The van der Waals surface area contributed by atoms with Crippen molar-refractivity contribution in [3.63, 3.8) is 0 Å². The maximum atomic E-state index is 13.5. The Labute approximate surface area is 221 Å². The van der Waals surface area contributed by atoms with Crippen molar-refractivity contribution in [2.75, 3.05) is 25.2 Å². The first kappa shape index (κ1) is 27.1. The lowest BCUT2D eigenvalue weighted by Crippen LogP contribution is -2.32. The predicted molar refractivity (Wildman–Crippen MR) is 141 cm³/mol. The van der Waals surface area contributed by atoms with Gasteiger partial charge in [0, 0.05) is 29.6 Å². The summed E-state index contributed by atoms with van der Waals surface area (Å²) in [5.41, 5.74) is 0.288. The van der Waals surface area contributed by atoms with Crippen molar-refractivity contribution in [2.45, 2.75) is 25.6 Å². The molecule has 1 aliphatic carbocycles. The molecule has 2 aliphatic rings. The third-order valence-corrected chi connectivity index (χ3v) is 7.64. The number of hydrazine groups is 1. The van der Waals surface area contributed by atoms with Gasteiger partial charge in [0.2, 0.25) is 0 Å². The molecule has 0 atom stereocenters. The Morgan fingerprint density at radius 2 is 2.03 bits per heavy atom. The lowest BCUT2D eigenvalue weighted by atomic mass is 10.0. The standard InChI is InChI=1S/C26H24ClF3N4O2S/c1-3-17-10-16(11-22-23(36)32-24(37-22)33(2)14-25(15-35)8-9-25)4-7-21(17)34(31)13-18-5-6-19(27)12-20(18)26(28,29)30/h1,4-7,10-12,35H,8-9,13-15,31H2,2H3/b22-11-. The Hall–Kier alpha value is -2.97. The van der Waals surface area contributed by atoms with Gasteiger partial charge in [-0.05, 0) is 66.1 Å². The van der Waals surface area contributed by atoms with Gasteiger partial charge in [0.15, 0.2) is 5.17 Å². The highest BCUT2D eigenvalue weighted by molar-refractivity contribution is 8.18. The monoisotopic (exact) mass is 548 g/mol. The van der Waals surface area contributed by atoms with Crippen LogP contribution in [0.2, 0.25) is 5.02 Å². The van der Waals surface area contributed by atoms with Gasteiger partial charge in [0.05, 0.1) is 29.3 Å². The van der Waals surface area contributed by atoms with Crippen LogP contribution in [0.4, 0.5) is 18.9 Å². The fourth-order valence-electron chi connectivity index (χ4n) is 4.06. The van der Waals surface area contributed by atoms with Crippen molar-refractivity contribution in [1.82, 2.24) is 4.90 Å². The first-order valence-corrected chi connectivity index (χ1v) is 12.5. The van der Waals surface area contributed by atoms with Crippen LogP contribution >= 0.6 is 23.4 Å². The van der Waals surface area contributed by atoms with Crippen LogP contribution in [0.5, 0.6) is 0 Å². The zero-order valence-electron chi connectivity index (χ0n) is 19.8. The molecule has 37 heavy (non-hydrogen) atoms. The lowest BCUT2D eigenvalue weighted by Gasteiger charge is -2.23. The summed E-state index contributed by atoms with van der Waals surface area (Å²) in [6.45, 7) is 0.455. The van der Waals surface area contributed by atoms with E-state index in [4.69, 9.17) is 23.9 Å². The largest absolute Gasteiger partial charge is 0.416 e. The second-order valence-electron chi connectivity index (χ2n) is 9.17. The fourth-order valence-corrected chi connectivity index (χ4v) is 5.10. The number of halogens is 4. The first-order chi connectivity index (χ1) is 17.4. The molecule has 3 N–H and O–H groups in total. The van der Waals surface area contributed by atoms with Crippen LogP contribution in [0.15, 0.2) is 46.3 Å². The van der Waals surface area contributed by atoms with Crippen LogP contribution in [0.25, 0.3) is 6.08 Å². The summed E-state index contributed by atoms with van der Waals surface area (Å²) in [7, 11) is 1.84. The number of nitrogens with zero attached hydrogens (tertiary/aromatic N) is 3. The molecular formula is C26H24ClF3N4O2S. The molecule has 2 aromatic carbocycles. The molecular weight excluding hydrogens is 525 g/mol. The highest BCUT2D eigenvalue weighted by Gasteiger charge is 2.44. The molecule has 1 heterocycles. The number of hydrogen-bond acceptors (Lipinski definition) is 6.